The first-order valence-corrected chi connectivity index (χ1v) is 19.2. The number of unbranched alkanes of at least 4 members (excludes halogenated alkanes) is 1. The zero-order valence-electron chi connectivity index (χ0n) is 31.7. The van der Waals surface area contributed by atoms with E-state index in [-0.39, 0.29) is 31.3 Å². The third kappa shape index (κ3) is 11.8. The molecule has 14 N–H and O–H groups in total. The van der Waals surface area contributed by atoms with Crippen LogP contribution in [0.25, 0.3) is 0 Å². The molecular weight excluding hydrogens is 790 g/mol. The molecule has 58 heavy (non-hydrogen) atoms. The number of carbonyl (C=O) groups is 2. The van der Waals surface area contributed by atoms with E-state index in [0.29, 0.717) is 25.7 Å². The van der Waals surface area contributed by atoms with Crippen LogP contribution in [0, 0.1) is 0 Å². The van der Waals surface area contributed by atoms with Crippen molar-refractivity contribution < 1.29 is 114 Å². The highest BCUT2D eigenvalue weighted by atomic mass is 16.8. The minimum atomic E-state index is -2.04. The molecule has 1 amide bonds. The number of rotatable bonds is 20. The molecule has 0 aromatic heterocycles. The second kappa shape index (κ2) is 22.9. The van der Waals surface area contributed by atoms with E-state index >= 15 is 0 Å². The Kier molecular flexibility index (Phi) is 19.4. The lowest BCUT2D eigenvalue weighted by Crippen LogP contribution is -2.67. The second-order valence-corrected chi connectivity index (χ2v) is 14.4. The number of ether oxygens (including phenoxy) is 8. The molecule has 4 aliphatic rings. The molecular formula is C34H59NO23. The number of hydrogen-bond acceptors (Lipinski definition) is 23. The standard InChI is InChI=1S/C34H59NO23/c1-2-13(40)5-3-4-6-18(41)35-7-8-51-31-25(48)21(44)28(15(10-37)53-31)57-33-27(50)23(46)30(17(12-39)55-33)58-34-26(49)22(45)29(16(11-38)54-34)56-32-24(47)20(43)19(42)14(9-36)52-32/h14-17,19-34,36-39,42-50H,2-12H2,1H3,(H,35,41)/t14?,15?,16?,17?,19-,20+,21-,22-,23-,24?,25?,26?,27?,28+,29-,30-,31+,32+,33-,34+/m1/s1. The first-order chi connectivity index (χ1) is 27.6. The Morgan fingerprint density at radius 1 is 0.500 bits per heavy atom. The lowest BCUT2D eigenvalue weighted by Gasteiger charge is -2.49. The Bertz CT molecular complexity index is 1250. The van der Waals surface area contributed by atoms with E-state index < -0.39 is 149 Å². The smallest absolute Gasteiger partial charge is 0.220 e. The molecule has 0 radical (unpaired) electrons. The van der Waals surface area contributed by atoms with E-state index in [4.69, 9.17) is 37.9 Å². The molecule has 338 valence electrons. The van der Waals surface area contributed by atoms with Gasteiger partial charge in [-0.3, -0.25) is 9.59 Å². The summed E-state index contributed by atoms with van der Waals surface area (Å²) in [6.45, 7) is -1.84. The van der Waals surface area contributed by atoms with E-state index in [2.05, 4.69) is 5.32 Å². The predicted octanol–water partition coefficient (Wildman–Crippen LogP) is -8.07. The molecule has 0 aromatic rings. The zero-order chi connectivity index (χ0) is 42.8. The van der Waals surface area contributed by atoms with Crippen LogP contribution in [0.3, 0.4) is 0 Å². The second-order valence-electron chi connectivity index (χ2n) is 14.4. The zero-order valence-corrected chi connectivity index (χ0v) is 31.7. The summed E-state index contributed by atoms with van der Waals surface area (Å²) in [6, 6.07) is 0. The molecule has 4 rings (SSSR count). The van der Waals surface area contributed by atoms with Crippen LogP contribution >= 0.6 is 0 Å². The van der Waals surface area contributed by atoms with Gasteiger partial charge in [0.2, 0.25) is 5.91 Å². The van der Waals surface area contributed by atoms with E-state index in [0.717, 1.165) is 0 Å². The van der Waals surface area contributed by atoms with Gasteiger partial charge in [0, 0.05) is 25.8 Å². The number of nitrogens with one attached hydrogen (secondary N) is 1. The van der Waals surface area contributed by atoms with Crippen LogP contribution in [-0.2, 0) is 47.5 Å². The topological polar surface area (TPSA) is 383 Å². The molecule has 0 spiro atoms. The number of Topliss-reactive ketones (excluding diaryl/α,β-unsaturated/α-hetero) is 1. The van der Waals surface area contributed by atoms with Gasteiger partial charge in [0.15, 0.2) is 25.2 Å². The molecule has 0 bridgehead atoms. The molecule has 24 heteroatoms. The average molecular weight is 850 g/mol. The molecule has 20 atom stereocenters. The largest absolute Gasteiger partial charge is 0.394 e. The van der Waals surface area contributed by atoms with Gasteiger partial charge in [-0.25, -0.2) is 0 Å². The van der Waals surface area contributed by atoms with Gasteiger partial charge in [-0.15, -0.1) is 0 Å². The van der Waals surface area contributed by atoms with Crippen LogP contribution in [0.1, 0.15) is 39.0 Å². The molecule has 4 heterocycles. The highest BCUT2D eigenvalue weighted by molar-refractivity contribution is 5.78. The Morgan fingerprint density at radius 3 is 1.31 bits per heavy atom. The quantitative estimate of drug-likeness (QED) is 0.0506. The van der Waals surface area contributed by atoms with Gasteiger partial charge in [0.1, 0.15) is 103 Å². The SMILES string of the molecule is CCC(=O)CCCCC(=O)NCCO[C@H]1OC(CO)[C@H](O[C@H]2OC(CO)[C@@H](O[C@@H]3OC(CO)[C@@H](O[C@@H]4OC(CO)[C@@H](O)[C@H](O)C4O)[C@H](O)C3O)[C@H](O)C2O)[C@H](O)C1O. The number of aliphatic hydroxyl groups is 13. The van der Waals surface area contributed by atoms with Crippen molar-refractivity contribution in [1.82, 2.24) is 5.32 Å². The number of ketones is 1. The fourth-order valence-corrected chi connectivity index (χ4v) is 6.91. The highest BCUT2D eigenvalue weighted by Gasteiger charge is 2.55. The fraction of sp³-hybridized carbons (Fsp3) is 0.941. The maximum Gasteiger partial charge on any atom is 0.220 e. The molecule has 4 fully saturated rings. The van der Waals surface area contributed by atoms with Gasteiger partial charge in [-0.05, 0) is 12.8 Å². The molecule has 4 saturated heterocycles. The minimum absolute atomic E-state index is 0.00392. The summed E-state index contributed by atoms with van der Waals surface area (Å²) in [5.41, 5.74) is 0. The molecule has 0 aliphatic carbocycles. The number of carbonyl (C=O) groups excluding carboxylic acids is 2. The Morgan fingerprint density at radius 2 is 0.879 bits per heavy atom. The lowest BCUT2D eigenvalue weighted by molar-refractivity contribution is -0.388. The van der Waals surface area contributed by atoms with Crippen molar-refractivity contribution in [2.75, 3.05) is 39.6 Å². The average Bonchev–Trinajstić information content (AvgIpc) is 3.22. The van der Waals surface area contributed by atoms with E-state index in [1.54, 1.807) is 6.92 Å². The summed E-state index contributed by atoms with van der Waals surface area (Å²) < 4.78 is 44.3. The Balaban J connectivity index is 1.31. The van der Waals surface area contributed by atoms with Gasteiger partial charge in [-0.1, -0.05) is 6.92 Å². The first-order valence-electron chi connectivity index (χ1n) is 19.2. The third-order valence-electron chi connectivity index (χ3n) is 10.4. The Labute approximate surface area is 332 Å². The van der Waals surface area contributed by atoms with Crippen molar-refractivity contribution in [3.63, 3.8) is 0 Å². The van der Waals surface area contributed by atoms with Crippen LogP contribution < -0.4 is 5.32 Å². The van der Waals surface area contributed by atoms with Crippen molar-refractivity contribution in [3.8, 4) is 0 Å². The number of amides is 1. The molecule has 4 aliphatic heterocycles. The third-order valence-corrected chi connectivity index (χ3v) is 10.4. The summed E-state index contributed by atoms with van der Waals surface area (Å²) in [7, 11) is 0. The van der Waals surface area contributed by atoms with Gasteiger partial charge in [0.25, 0.3) is 0 Å². The van der Waals surface area contributed by atoms with Crippen molar-refractivity contribution in [2.45, 2.75) is 162 Å². The summed E-state index contributed by atoms with van der Waals surface area (Å²) in [6.07, 6.45) is -33.1. The lowest BCUT2D eigenvalue weighted by atomic mass is 9.95. The van der Waals surface area contributed by atoms with E-state index in [1.165, 1.54) is 0 Å². The summed E-state index contributed by atoms with van der Waals surface area (Å²) in [5, 5.41) is 138. The fourth-order valence-electron chi connectivity index (χ4n) is 6.91. The van der Waals surface area contributed by atoms with Crippen molar-refractivity contribution in [2.24, 2.45) is 0 Å². The molecule has 0 aromatic carbocycles. The number of hydrogen-bond donors (Lipinski definition) is 14. The summed E-state index contributed by atoms with van der Waals surface area (Å²) in [4.78, 5) is 23.5. The van der Waals surface area contributed by atoms with Gasteiger partial charge >= 0.3 is 0 Å². The van der Waals surface area contributed by atoms with Gasteiger partial charge in [0.05, 0.1) is 33.0 Å². The van der Waals surface area contributed by atoms with Crippen LogP contribution in [0.2, 0.25) is 0 Å². The van der Waals surface area contributed by atoms with E-state index in [1.807, 2.05) is 0 Å². The first kappa shape index (κ1) is 49.0. The monoisotopic (exact) mass is 849 g/mol. The molecule has 8 unspecified atom stereocenters. The van der Waals surface area contributed by atoms with Gasteiger partial charge < -0.3 is 110 Å². The molecule has 0 saturated carbocycles. The van der Waals surface area contributed by atoms with Crippen molar-refractivity contribution >= 4 is 11.7 Å². The summed E-state index contributed by atoms with van der Waals surface area (Å²) >= 11 is 0. The van der Waals surface area contributed by atoms with Crippen molar-refractivity contribution in [1.29, 1.82) is 0 Å². The van der Waals surface area contributed by atoms with Gasteiger partial charge in [-0.2, -0.15) is 0 Å². The Hall–Kier alpha value is -1.70. The molecule has 24 nitrogen and oxygen atoms in total. The highest BCUT2D eigenvalue weighted by Crippen LogP contribution is 2.34. The minimum Gasteiger partial charge on any atom is -0.394 e. The van der Waals surface area contributed by atoms with Crippen LogP contribution in [0.4, 0.5) is 0 Å². The van der Waals surface area contributed by atoms with Crippen LogP contribution in [0.15, 0.2) is 0 Å². The maximum absolute atomic E-state index is 12.1. The van der Waals surface area contributed by atoms with Crippen molar-refractivity contribution in [3.05, 3.63) is 0 Å². The normalized spacial score (nSPS) is 43.6. The van der Waals surface area contributed by atoms with E-state index in [9.17, 15) is 76.0 Å². The summed E-state index contributed by atoms with van der Waals surface area (Å²) in [5.74, 6) is -0.176. The van der Waals surface area contributed by atoms with Crippen LogP contribution in [-0.4, -0.2) is 240 Å². The maximum atomic E-state index is 12.1. The van der Waals surface area contributed by atoms with Crippen LogP contribution in [0.5, 0.6) is 0 Å². The predicted molar refractivity (Wildman–Crippen MR) is 184 cm³/mol. The number of aliphatic hydroxyl groups excluding tert-OH is 13.